The molecule has 0 bridgehead atoms. The number of carbonyl (C=O) groups is 1. The number of nitrogens with one attached hydrogen (secondary N) is 1. The maximum Gasteiger partial charge on any atom is 0.286 e. The fraction of sp³-hybridized carbons (Fsp3) is 0.200. The SMILES string of the molecule is CC(=O)CSC1=NS(=O)(=O)c2ccccc2N1. The van der Waals surface area contributed by atoms with Crippen LogP contribution in [0.1, 0.15) is 6.92 Å². The number of nitrogens with zero attached hydrogens (tertiary/aromatic N) is 1. The molecule has 17 heavy (non-hydrogen) atoms. The molecule has 0 aromatic heterocycles. The number of Topliss-reactive ketones (excluding diaryl/α,β-unsaturated/α-hetero) is 1. The van der Waals surface area contributed by atoms with E-state index in [9.17, 15) is 13.2 Å². The number of fused-ring (bicyclic) bond motifs is 1. The van der Waals surface area contributed by atoms with E-state index < -0.39 is 10.0 Å². The van der Waals surface area contributed by atoms with Crippen molar-refractivity contribution in [2.75, 3.05) is 11.1 Å². The number of ketones is 1. The lowest BCUT2D eigenvalue weighted by atomic mass is 10.3. The van der Waals surface area contributed by atoms with Crippen LogP contribution in [0.25, 0.3) is 0 Å². The third kappa shape index (κ3) is 2.67. The van der Waals surface area contributed by atoms with E-state index in [1.807, 2.05) is 0 Å². The molecule has 5 nitrogen and oxygen atoms in total. The summed E-state index contributed by atoms with van der Waals surface area (Å²) in [6.07, 6.45) is 0. The first-order chi connectivity index (χ1) is 7.99. The zero-order valence-electron chi connectivity index (χ0n) is 9.00. The van der Waals surface area contributed by atoms with E-state index in [2.05, 4.69) is 9.71 Å². The van der Waals surface area contributed by atoms with Crippen LogP contribution in [0.4, 0.5) is 5.69 Å². The first kappa shape index (κ1) is 12.1. The Hall–Kier alpha value is -1.34. The second kappa shape index (κ2) is 4.50. The van der Waals surface area contributed by atoms with Crippen LogP contribution in [0.5, 0.6) is 0 Å². The van der Waals surface area contributed by atoms with E-state index in [1.54, 1.807) is 18.2 Å². The van der Waals surface area contributed by atoms with Gasteiger partial charge in [-0.05, 0) is 19.1 Å². The van der Waals surface area contributed by atoms with Gasteiger partial charge in [-0.25, -0.2) is 0 Å². The molecule has 1 aliphatic rings. The van der Waals surface area contributed by atoms with E-state index in [1.165, 1.54) is 13.0 Å². The van der Waals surface area contributed by atoms with Crippen LogP contribution < -0.4 is 5.32 Å². The average Bonchev–Trinajstić information content (AvgIpc) is 2.25. The van der Waals surface area contributed by atoms with Gasteiger partial charge in [0.2, 0.25) is 0 Å². The number of para-hydroxylation sites is 1. The Bertz CT molecular complexity index is 593. The molecule has 7 heteroatoms. The molecule has 1 aromatic rings. The van der Waals surface area contributed by atoms with Gasteiger partial charge in [0.25, 0.3) is 10.0 Å². The van der Waals surface area contributed by atoms with Crippen molar-refractivity contribution >= 4 is 38.4 Å². The molecule has 1 heterocycles. The van der Waals surface area contributed by atoms with Gasteiger partial charge in [0.05, 0.1) is 11.4 Å². The summed E-state index contributed by atoms with van der Waals surface area (Å²) in [5.74, 6) is 0.166. The highest BCUT2D eigenvalue weighted by atomic mass is 32.2. The van der Waals surface area contributed by atoms with Gasteiger partial charge in [-0.2, -0.15) is 8.42 Å². The second-order valence-corrected chi connectivity index (χ2v) is 6.02. The van der Waals surface area contributed by atoms with E-state index in [-0.39, 0.29) is 21.6 Å². The number of amidine groups is 1. The highest BCUT2D eigenvalue weighted by molar-refractivity contribution is 8.15. The minimum absolute atomic E-state index is 0.0317. The molecule has 0 radical (unpaired) electrons. The lowest BCUT2D eigenvalue weighted by molar-refractivity contribution is -0.114. The van der Waals surface area contributed by atoms with Gasteiger partial charge in [-0.15, -0.1) is 4.40 Å². The minimum Gasteiger partial charge on any atom is -0.333 e. The highest BCUT2D eigenvalue weighted by Gasteiger charge is 2.24. The van der Waals surface area contributed by atoms with Crippen LogP contribution in [-0.4, -0.2) is 25.1 Å². The topological polar surface area (TPSA) is 75.6 Å². The van der Waals surface area contributed by atoms with E-state index in [0.29, 0.717) is 5.69 Å². The molecule has 0 unspecified atom stereocenters. The number of anilines is 1. The van der Waals surface area contributed by atoms with E-state index in [4.69, 9.17) is 0 Å². The van der Waals surface area contributed by atoms with E-state index >= 15 is 0 Å². The van der Waals surface area contributed by atoms with Crippen molar-refractivity contribution in [3.63, 3.8) is 0 Å². The normalized spacial score (nSPS) is 16.6. The van der Waals surface area contributed by atoms with Crippen LogP contribution in [-0.2, 0) is 14.8 Å². The van der Waals surface area contributed by atoms with Crippen LogP contribution in [0.3, 0.4) is 0 Å². The fourth-order valence-electron chi connectivity index (χ4n) is 1.32. The smallest absolute Gasteiger partial charge is 0.286 e. The molecular formula is C10H10N2O3S2. The van der Waals surface area contributed by atoms with Crippen LogP contribution in [0, 0.1) is 0 Å². The van der Waals surface area contributed by atoms with Gasteiger partial charge in [0.1, 0.15) is 10.7 Å². The first-order valence-electron chi connectivity index (χ1n) is 4.82. The van der Waals surface area contributed by atoms with E-state index in [0.717, 1.165) is 11.8 Å². The summed E-state index contributed by atoms with van der Waals surface area (Å²) in [4.78, 5) is 11.0. The molecule has 0 fully saturated rings. The lowest BCUT2D eigenvalue weighted by Gasteiger charge is -2.16. The van der Waals surface area contributed by atoms with Crippen LogP contribution in [0.15, 0.2) is 33.6 Å². The van der Waals surface area contributed by atoms with Crippen LogP contribution in [0.2, 0.25) is 0 Å². The quantitative estimate of drug-likeness (QED) is 0.881. The van der Waals surface area contributed by atoms with Gasteiger partial charge in [0.15, 0.2) is 5.17 Å². The number of thioether (sulfide) groups is 1. The standard InChI is InChI=1S/C10H10N2O3S2/c1-7(13)6-16-10-11-8-4-2-3-5-9(8)17(14,15)12-10/h2-5H,6H2,1H3,(H,11,12). The number of rotatable bonds is 2. The molecule has 2 rings (SSSR count). The van der Waals surface area contributed by atoms with Gasteiger partial charge < -0.3 is 5.32 Å². The molecular weight excluding hydrogens is 260 g/mol. The first-order valence-corrected chi connectivity index (χ1v) is 7.25. The summed E-state index contributed by atoms with van der Waals surface area (Å²) in [6.45, 7) is 1.44. The summed E-state index contributed by atoms with van der Waals surface area (Å²) in [5.41, 5.74) is 0.494. The van der Waals surface area contributed by atoms with Gasteiger partial charge in [-0.1, -0.05) is 23.9 Å². The summed E-state index contributed by atoms with van der Waals surface area (Å²) >= 11 is 1.08. The number of carbonyl (C=O) groups excluding carboxylic acids is 1. The van der Waals surface area contributed by atoms with Crippen molar-refractivity contribution in [2.24, 2.45) is 4.40 Å². The predicted molar refractivity (Wildman–Crippen MR) is 67.8 cm³/mol. The molecule has 0 amide bonds. The molecule has 0 spiro atoms. The Morgan fingerprint density at radius 2 is 2.12 bits per heavy atom. The Kier molecular flexibility index (Phi) is 3.21. The molecule has 1 N–H and O–H groups in total. The molecule has 1 aliphatic heterocycles. The maximum atomic E-state index is 11.8. The van der Waals surface area contributed by atoms with Gasteiger partial charge in [0, 0.05) is 0 Å². The maximum absolute atomic E-state index is 11.8. The Morgan fingerprint density at radius 1 is 1.41 bits per heavy atom. The minimum atomic E-state index is -3.65. The van der Waals surface area contributed by atoms with Gasteiger partial charge in [-0.3, -0.25) is 4.79 Å². The Labute approximate surface area is 103 Å². The van der Waals surface area contributed by atoms with Crippen molar-refractivity contribution < 1.29 is 13.2 Å². The fourth-order valence-corrected chi connectivity index (χ4v) is 3.36. The van der Waals surface area contributed by atoms with Crippen molar-refractivity contribution in [1.82, 2.24) is 0 Å². The molecule has 0 saturated carbocycles. The summed E-state index contributed by atoms with van der Waals surface area (Å²) in [6, 6.07) is 6.53. The third-order valence-electron chi connectivity index (χ3n) is 2.02. The number of sulfonamides is 1. The second-order valence-electron chi connectivity index (χ2n) is 3.48. The predicted octanol–water partition coefficient (Wildman–Crippen LogP) is 1.48. The average molecular weight is 270 g/mol. The largest absolute Gasteiger partial charge is 0.333 e. The lowest BCUT2D eigenvalue weighted by Crippen LogP contribution is -2.19. The molecule has 0 aliphatic carbocycles. The number of hydrogen-bond donors (Lipinski definition) is 1. The summed E-state index contributed by atoms with van der Waals surface area (Å²) < 4.78 is 27.2. The third-order valence-corrected chi connectivity index (χ3v) is 4.49. The number of hydrogen-bond acceptors (Lipinski definition) is 5. The van der Waals surface area contributed by atoms with Crippen molar-refractivity contribution in [2.45, 2.75) is 11.8 Å². The van der Waals surface area contributed by atoms with Gasteiger partial charge >= 0.3 is 0 Å². The molecule has 0 atom stereocenters. The van der Waals surface area contributed by atoms with Crippen molar-refractivity contribution in [1.29, 1.82) is 0 Å². The molecule has 1 aromatic carbocycles. The summed E-state index contributed by atoms with van der Waals surface area (Å²) in [7, 11) is -3.65. The highest BCUT2D eigenvalue weighted by Crippen LogP contribution is 2.28. The zero-order chi connectivity index (χ0) is 12.5. The number of benzene rings is 1. The Morgan fingerprint density at radius 3 is 2.82 bits per heavy atom. The molecule has 90 valence electrons. The van der Waals surface area contributed by atoms with Crippen molar-refractivity contribution in [3.8, 4) is 0 Å². The Balaban J connectivity index is 2.32. The molecule has 0 saturated heterocycles. The zero-order valence-corrected chi connectivity index (χ0v) is 10.6. The van der Waals surface area contributed by atoms with Crippen molar-refractivity contribution in [3.05, 3.63) is 24.3 Å². The summed E-state index contributed by atoms with van der Waals surface area (Å²) in [5, 5.41) is 3.12. The van der Waals surface area contributed by atoms with Crippen LogP contribution >= 0.6 is 11.8 Å². The monoisotopic (exact) mass is 270 g/mol.